The van der Waals surface area contributed by atoms with Gasteiger partial charge >= 0.3 is 0 Å². The molecule has 4 rings (SSSR count). The number of rotatable bonds is 2. The highest BCUT2D eigenvalue weighted by Crippen LogP contribution is 2.44. The highest BCUT2D eigenvalue weighted by Gasteiger charge is 2.46. The van der Waals surface area contributed by atoms with Crippen molar-refractivity contribution in [1.29, 1.82) is 0 Å². The first-order valence-corrected chi connectivity index (χ1v) is 8.80. The maximum absolute atomic E-state index is 4.61. The maximum Gasteiger partial charge on any atom is 0.117 e. The Morgan fingerprint density at radius 1 is 1.09 bits per heavy atom. The van der Waals surface area contributed by atoms with E-state index in [1.807, 2.05) is 6.07 Å². The van der Waals surface area contributed by atoms with Gasteiger partial charge in [0.1, 0.15) is 11.2 Å². The number of nitrogens with zero attached hydrogens (tertiary/aromatic N) is 4. The van der Waals surface area contributed by atoms with Crippen molar-refractivity contribution in [1.82, 2.24) is 19.9 Å². The quantitative estimate of drug-likeness (QED) is 0.846. The van der Waals surface area contributed by atoms with E-state index in [1.54, 1.807) is 0 Å². The molecule has 0 spiro atoms. The second-order valence-electron chi connectivity index (χ2n) is 7.23. The lowest BCUT2D eigenvalue weighted by Gasteiger charge is -2.49. The van der Waals surface area contributed by atoms with Crippen molar-refractivity contribution in [2.75, 3.05) is 6.54 Å². The topological polar surface area (TPSA) is 34.0 Å². The molecule has 2 unspecified atom stereocenters. The first kappa shape index (κ1) is 14.2. The number of hydrogen-bond donors (Lipinski definition) is 0. The number of fused-ring (bicyclic) bond motifs is 1. The Kier molecular flexibility index (Phi) is 3.44. The van der Waals surface area contributed by atoms with Crippen LogP contribution in [0.2, 0.25) is 0 Å². The van der Waals surface area contributed by atoms with Gasteiger partial charge in [-0.3, -0.25) is 4.90 Å². The Morgan fingerprint density at radius 2 is 1.86 bits per heavy atom. The summed E-state index contributed by atoms with van der Waals surface area (Å²) in [6.45, 7) is 6.00. The smallest absolute Gasteiger partial charge is 0.117 e. The summed E-state index contributed by atoms with van der Waals surface area (Å²) in [5.41, 5.74) is 2.26. The molecule has 1 aromatic carbocycles. The van der Waals surface area contributed by atoms with Gasteiger partial charge in [0.15, 0.2) is 0 Å². The molecule has 0 bridgehead atoms. The Labute approximate surface area is 132 Å². The maximum atomic E-state index is 4.61. The Balaban J connectivity index is 1.83. The second kappa shape index (κ2) is 5.34. The van der Waals surface area contributed by atoms with Crippen molar-refractivity contribution in [2.24, 2.45) is 5.92 Å². The molecular weight excluding hydrogens is 272 g/mol. The van der Waals surface area contributed by atoms with Gasteiger partial charge in [-0.05, 0) is 63.5 Å². The number of benzene rings is 1. The van der Waals surface area contributed by atoms with Crippen LogP contribution in [-0.4, -0.2) is 32.5 Å². The zero-order chi connectivity index (χ0) is 15.2. The van der Waals surface area contributed by atoms with Gasteiger partial charge in [-0.1, -0.05) is 24.3 Å². The van der Waals surface area contributed by atoms with Crippen molar-refractivity contribution in [3.05, 3.63) is 24.3 Å². The molecule has 1 saturated carbocycles. The zero-order valence-corrected chi connectivity index (χ0v) is 13.7. The van der Waals surface area contributed by atoms with Crippen molar-refractivity contribution < 1.29 is 0 Å². The molecule has 0 amide bonds. The van der Waals surface area contributed by atoms with E-state index in [9.17, 15) is 0 Å². The predicted octanol–water partition coefficient (Wildman–Crippen LogP) is 3.78. The Hall–Kier alpha value is -1.42. The molecule has 22 heavy (non-hydrogen) atoms. The van der Waals surface area contributed by atoms with Gasteiger partial charge in [0, 0.05) is 12.6 Å². The van der Waals surface area contributed by atoms with Gasteiger partial charge in [0.2, 0.25) is 0 Å². The number of aromatic nitrogens is 3. The Bertz CT molecular complexity index is 656. The molecule has 2 aliphatic rings. The highest BCUT2D eigenvalue weighted by molar-refractivity contribution is 5.74. The minimum Gasteiger partial charge on any atom is -0.276 e. The molecule has 4 nitrogen and oxygen atoms in total. The standard InChI is InChI=1S/C18H26N4/c1-14-8-7-13-21(15(14)2)18(11-5-6-12-18)22-17-10-4-3-9-16(17)19-20-22/h3-4,9-10,14-15H,5-8,11-13H2,1-2H3. The molecule has 2 atom stereocenters. The summed E-state index contributed by atoms with van der Waals surface area (Å²) in [6.07, 6.45) is 7.66. The molecule has 2 fully saturated rings. The monoisotopic (exact) mass is 298 g/mol. The second-order valence-corrected chi connectivity index (χ2v) is 7.23. The highest BCUT2D eigenvalue weighted by atomic mass is 15.5. The van der Waals surface area contributed by atoms with Gasteiger partial charge in [-0.25, -0.2) is 4.68 Å². The van der Waals surface area contributed by atoms with Crippen LogP contribution in [0.1, 0.15) is 52.4 Å². The van der Waals surface area contributed by atoms with E-state index in [0.717, 1.165) is 11.4 Å². The molecule has 2 aromatic rings. The number of para-hydroxylation sites is 1. The van der Waals surface area contributed by atoms with Crippen LogP contribution in [-0.2, 0) is 5.66 Å². The number of likely N-dealkylation sites (tertiary alicyclic amines) is 1. The fourth-order valence-corrected chi connectivity index (χ4v) is 4.66. The van der Waals surface area contributed by atoms with Crippen molar-refractivity contribution in [3.63, 3.8) is 0 Å². The van der Waals surface area contributed by atoms with Gasteiger partial charge in [-0.15, -0.1) is 5.10 Å². The first-order valence-electron chi connectivity index (χ1n) is 8.80. The summed E-state index contributed by atoms with van der Waals surface area (Å²) < 4.78 is 2.25. The van der Waals surface area contributed by atoms with E-state index >= 15 is 0 Å². The molecule has 0 radical (unpaired) electrons. The fourth-order valence-electron chi connectivity index (χ4n) is 4.66. The SMILES string of the molecule is CC1CCCN(C2(n3nnc4ccccc43)CCCC2)C1C. The molecule has 1 aliphatic carbocycles. The molecule has 118 valence electrons. The molecule has 4 heteroatoms. The minimum atomic E-state index is 0.0458. The summed E-state index contributed by atoms with van der Waals surface area (Å²) in [5, 5.41) is 9.04. The van der Waals surface area contributed by atoms with Crippen molar-refractivity contribution >= 4 is 11.0 Å². The first-order chi connectivity index (χ1) is 10.7. The molecule has 1 aromatic heterocycles. The lowest BCUT2D eigenvalue weighted by Crippen LogP contribution is -2.57. The van der Waals surface area contributed by atoms with Crippen LogP contribution in [0.3, 0.4) is 0 Å². The van der Waals surface area contributed by atoms with Gasteiger partial charge in [-0.2, -0.15) is 0 Å². The van der Waals surface area contributed by atoms with Crippen LogP contribution in [0.5, 0.6) is 0 Å². The largest absolute Gasteiger partial charge is 0.276 e. The molecular formula is C18H26N4. The van der Waals surface area contributed by atoms with Crippen LogP contribution in [0.15, 0.2) is 24.3 Å². The number of hydrogen-bond acceptors (Lipinski definition) is 3. The minimum absolute atomic E-state index is 0.0458. The summed E-state index contributed by atoms with van der Waals surface area (Å²) >= 11 is 0. The number of piperidine rings is 1. The summed E-state index contributed by atoms with van der Waals surface area (Å²) in [4.78, 5) is 2.75. The van der Waals surface area contributed by atoms with Gasteiger partial charge < -0.3 is 0 Å². The van der Waals surface area contributed by atoms with E-state index in [4.69, 9.17) is 0 Å². The van der Waals surface area contributed by atoms with Gasteiger partial charge in [0.25, 0.3) is 0 Å². The predicted molar refractivity (Wildman–Crippen MR) is 88.5 cm³/mol. The van der Waals surface area contributed by atoms with Crippen LogP contribution >= 0.6 is 0 Å². The fraction of sp³-hybridized carbons (Fsp3) is 0.667. The van der Waals surface area contributed by atoms with Crippen molar-refractivity contribution in [2.45, 2.75) is 64.1 Å². The van der Waals surface area contributed by atoms with Crippen molar-refractivity contribution in [3.8, 4) is 0 Å². The molecule has 1 saturated heterocycles. The zero-order valence-electron chi connectivity index (χ0n) is 13.7. The average molecular weight is 298 g/mol. The van der Waals surface area contributed by atoms with Crippen LogP contribution in [0.25, 0.3) is 11.0 Å². The third kappa shape index (κ3) is 2.00. The van der Waals surface area contributed by atoms with E-state index in [0.29, 0.717) is 6.04 Å². The lowest BCUT2D eigenvalue weighted by atomic mass is 9.88. The normalized spacial score (nSPS) is 29.2. The van der Waals surface area contributed by atoms with E-state index < -0.39 is 0 Å². The van der Waals surface area contributed by atoms with E-state index in [-0.39, 0.29) is 5.66 Å². The third-order valence-corrected chi connectivity index (χ3v) is 6.06. The van der Waals surface area contributed by atoms with E-state index in [2.05, 4.69) is 51.9 Å². The lowest BCUT2D eigenvalue weighted by molar-refractivity contribution is -0.0528. The van der Waals surface area contributed by atoms with Crippen LogP contribution < -0.4 is 0 Å². The molecule has 1 aliphatic heterocycles. The Morgan fingerprint density at radius 3 is 2.68 bits per heavy atom. The summed E-state index contributed by atoms with van der Waals surface area (Å²) in [7, 11) is 0. The molecule has 0 N–H and O–H groups in total. The summed E-state index contributed by atoms with van der Waals surface area (Å²) in [6, 6.07) is 9.02. The van der Waals surface area contributed by atoms with Gasteiger partial charge in [0.05, 0.1) is 5.52 Å². The average Bonchev–Trinajstić information content (AvgIpc) is 3.17. The third-order valence-electron chi connectivity index (χ3n) is 6.06. The summed E-state index contributed by atoms with van der Waals surface area (Å²) in [5.74, 6) is 0.765. The van der Waals surface area contributed by atoms with Crippen LogP contribution in [0, 0.1) is 5.92 Å². The van der Waals surface area contributed by atoms with E-state index in [1.165, 1.54) is 50.6 Å². The van der Waals surface area contributed by atoms with Crippen LogP contribution in [0.4, 0.5) is 0 Å². The molecule has 2 heterocycles.